The minimum Gasteiger partial charge on any atom is -0.449 e. The third-order valence-corrected chi connectivity index (χ3v) is 3.40. The molecule has 1 unspecified atom stereocenters. The first-order valence-electron chi connectivity index (χ1n) is 7.42. The number of amides is 1. The highest BCUT2D eigenvalue weighted by Gasteiger charge is 2.10. The van der Waals surface area contributed by atoms with Crippen LogP contribution in [0.25, 0.3) is 0 Å². The zero-order valence-electron chi connectivity index (χ0n) is 12.5. The van der Waals surface area contributed by atoms with E-state index in [2.05, 4.69) is 19.2 Å². The van der Waals surface area contributed by atoms with E-state index in [1.165, 1.54) is 12.8 Å². The van der Waals surface area contributed by atoms with Gasteiger partial charge in [0.15, 0.2) is 0 Å². The lowest BCUT2D eigenvalue weighted by atomic mass is 10.0. The molecule has 1 aromatic carbocycles. The molecular formula is C16H26N2O2. The Bertz CT molecular complexity index is 407. The number of hydrogen-bond acceptors (Lipinski definition) is 3. The normalized spacial score (nSPS) is 11.9. The number of carbonyl (C=O) groups excluding carboxylic acids is 1. The summed E-state index contributed by atoms with van der Waals surface area (Å²) >= 11 is 0. The summed E-state index contributed by atoms with van der Waals surface area (Å²) in [5, 5.41) is 2.74. The van der Waals surface area contributed by atoms with Crippen molar-refractivity contribution >= 4 is 11.8 Å². The monoisotopic (exact) mass is 278 g/mol. The van der Waals surface area contributed by atoms with E-state index in [0.717, 1.165) is 24.1 Å². The second-order valence-corrected chi connectivity index (χ2v) is 5.04. The van der Waals surface area contributed by atoms with Crippen LogP contribution in [0.4, 0.5) is 10.5 Å². The van der Waals surface area contributed by atoms with Gasteiger partial charge < -0.3 is 10.5 Å². The average Bonchev–Trinajstić information content (AvgIpc) is 2.47. The second kappa shape index (κ2) is 9.37. The summed E-state index contributed by atoms with van der Waals surface area (Å²) < 4.78 is 5.29. The molecule has 0 aliphatic carbocycles. The topological polar surface area (TPSA) is 64.3 Å². The van der Waals surface area contributed by atoms with Crippen molar-refractivity contribution in [3.63, 3.8) is 0 Å². The van der Waals surface area contributed by atoms with Gasteiger partial charge in [-0.1, -0.05) is 45.2 Å². The van der Waals surface area contributed by atoms with Gasteiger partial charge in [-0.15, -0.1) is 0 Å². The standard InChI is InChI=1S/C16H26N2O2/c1-3-5-7-13(4-2)12-20-16(19)18-15-9-6-8-14(10-15)11-17/h6,8-10,13H,3-5,7,11-12,17H2,1-2H3,(H,18,19). The lowest BCUT2D eigenvalue weighted by Gasteiger charge is -2.15. The molecule has 4 heteroatoms. The number of unbranched alkanes of at least 4 members (excludes halogenated alkanes) is 1. The third-order valence-electron chi connectivity index (χ3n) is 3.40. The minimum absolute atomic E-state index is 0.394. The van der Waals surface area contributed by atoms with Crippen LogP contribution >= 0.6 is 0 Å². The van der Waals surface area contributed by atoms with Crippen LogP contribution in [0, 0.1) is 5.92 Å². The fourth-order valence-corrected chi connectivity index (χ4v) is 2.02. The second-order valence-electron chi connectivity index (χ2n) is 5.04. The van der Waals surface area contributed by atoms with Crippen LogP contribution in [-0.4, -0.2) is 12.7 Å². The lowest BCUT2D eigenvalue weighted by molar-refractivity contribution is 0.136. The fourth-order valence-electron chi connectivity index (χ4n) is 2.02. The van der Waals surface area contributed by atoms with Crippen molar-refractivity contribution in [2.24, 2.45) is 11.7 Å². The molecule has 3 N–H and O–H groups in total. The number of hydrogen-bond donors (Lipinski definition) is 2. The summed E-state index contributed by atoms with van der Waals surface area (Å²) in [6.45, 7) is 5.25. The van der Waals surface area contributed by atoms with Gasteiger partial charge in [-0.25, -0.2) is 4.79 Å². The molecule has 1 aromatic rings. The molecule has 0 saturated carbocycles. The summed E-state index contributed by atoms with van der Waals surface area (Å²) in [5.41, 5.74) is 7.27. The van der Waals surface area contributed by atoms with Crippen molar-refractivity contribution in [3.8, 4) is 0 Å². The van der Waals surface area contributed by atoms with Crippen LogP contribution in [0.2, 0.25) is 0 Å². The van der Waals surface area contributed by atoms with E-state index < -0.39 is 6.09 Å². The third kappa shape index (κ3) is 6.06. The van der Waals surface area contributed by atoms with E-state index >= 15 is 0 Å². The number of rotatable bonds is 8. The summed E-state index contributed by atoms with van der Waals surface area (Å²) in [6.07, 6.45) is 4.12. The summed E-state index contributed by atoms with van der Waals surface area (Å²) in [5.74, 6) is 0.455. The Balaban J connectivity index is 2.38. The van der Waals surface area contributed by atoms with E-state index in [4.69, 9.17) is 10.5 Å². The van der Waals surface area contributed by atoms with E-state index in [0.29, 0.717) is 19.1 Å². The molecule has 0 saturated heterocycles. The Morgan fingerprint density at radius 3 is 2.85 bits per heavy atom. The number of carbonyl (C=O) groups is 1. The smallest absolute Gasteiger partial charge is 0.411 e. The van der Waals surface area contributed by atoms with Gasteiger partial charge in [0, 0.05) is 12.2 Å². The Hall–Kier alpha value is -1.55. The number of benzene rings is 1. The first kappa shape index (κ1) is 16.5. The van der Waals surface area contributed by atoms with Crippen LogP contribution in [0.5, 0.6) is 0 Å². The SMILES string of the molecule is CCCCC(CC)COC(=O)Nc1cccc(CN)c1. The molecule has 0 spiro atoms. The maximum Gasteiger partial charge on any atom is 0.411 e. The van der Waals surface area contributed by atoms with Crippen LogP contribution in [-0.2, 0) is 11.3 Å². The fraction of sp³-hybridized carbons (Fsp3) is 0.562. The highest BCUT2D eigenvalue weighted by Crippen LogP contribution is 2.14. The van der Waals surface area contributed by atoms with Gasteiger partial charge in [0.25, 0.3) is 0 Å². The first-order chi connectivity index (χ1) is 9.69. The molecule has 0 aliphatic rings. The van der Waals surface area contributed by atoms with E-state index in [9.17, 15) is 4.79 Å². The van der Waals surface area contributed by atoms with Gasteiger partial charge in [-0.3, -0.25) is 5.32 Å². The van der Waals surface area contributed by atoms with Crippen molar-refractivity contribution < 1.29 is 9.53 Å². The Labute approximate surface area is 121 Å². The molecular weight excluding hydrogens is 252 g/mol. The van der Waals surface area contributed by atoms with Crippen LogP contribution in [0.1, 0.15) is 45.1 Å². The lowest BCUT2D eigenvalue weighted by Crippen LogP contribution is -2.18. The van der Waals surface area contributed by atoms with Gasteiger partial charge in [0.05, 0.1) is 6.61 Å². The van der Waals surface area contributed by atoms with Gasteiger partial charge in [-0.2, -0.15) is 0 Å². The molecule has 0 aromatic heterocycles. The predicted molar refractivity (Wildman–Crippen MR) is 82.6 cm³/mol. The van der Waals surface area contributed by atoms with Crippen LogP contribution in [0.3, 0.4) is 0 Å². The molecule has 4 nitrogen and oxygen atoms in total. The first-order valence-corrected chi connectivity index (χ1v) is 7.42. The van der Waals surface area contributed by atoms with E-state index in [1.54, 1.807) is 0 Å². The molecule has 0 bridgehead atoms. The molecule has 112 valence electrons. The molecule has 0 radical (unpaired) electrons. The molecule has 0 heterocycles. The molecule has 1 atom stereocenters. The van der Waals surface area contributed by atoms with Crippen LogP contribution < -0.4 is 11.1 Å². The minimum atomic E-state index is -0.394. The average molecular weight is 278 g/mol. The van der Waals surface area contributed by atoms with Crippen molar-refractivity contribution in [2.45, 2.75) is 46.1 Å². The van der Waals surface area contributed by atoms with E-state index in [1.807, 2.05) is 24.3 Å². The highest BCUT2D eigenvalue weighted by atomic mass is 16.5. The van der Waals surface area contributed by atoms with Gasteiger partial charge in [0.2, 0.25) is 0 Å². The Morgan fingerprint density at radius 2 is 2.20 bits per heavy atom. The number of nitrogens with one attached hydrogen (secondary N) is 1. The zero-order chi connectivity index (χ0) is 14.8. The van der Waals surface area contributed by atoms with E-state index in [-0.39, 0.29) is 0 Å². The molecule has 0 fully saturated rings. The highest BCUT2D eigenvalue weighted by molar-refractivity contribution is 5.84. The van der Waals surface area contributed by atoms with Crippen molar-refractivity contribution in [1.82, 2.24) is 0 Å². The summed E-state index contributed by atoms with van der Waals surface area (Å²) in [7, 11) is 0. The summed E-state index contributed by atoms with van der Waals surface area (Å²) in [4.78, 5) is 11.7. The van der Waals surface area contributed by atoms with Crippen molar-refractivity contribution in [3.05, 3.63) is 29.8 Å². The zero-order valence-corrected chi connectivity index (χ0v) is 12.5. The largest absolute Gasteiger partial charge is 0.449 e. The van der Waals surface area contributed by atoms with Gasteiger partial charge >= 0.3 is 6.09 Å². The van der Waals surface area contributed by atoms with Gasteiger partial charge in [-0.05, 0) is 30.0 Å². The maximum atomic E-state index is 11.7. The van der Waals surface area contributed by atoms with Crippen molar-refractivity contribution in [2.75, 3.05) is 11.9 Å². The summed E-state index contributed by atoms with van der Waals surface area (Å²) in [6, 6.07) is 7.48. The van der Waals surface area contributed by atoms with Crippen LogP contribution in [0.15, 0.2) is 24.3 Å². The molecule has 20 heavy (non-hydrogen) atoms. The number of ether oxygens (including phenoxy) is 1. The Morgan fingerprint density at radius 1 is 1.40 bits per heavy atom. The van der Waals surface area contributed by atoms with Gasteiger partial charge in [0.1, 0.15) is 0 Å². The quantitative estimate of drug-likeness (QED) is 0.757. The Kier molecular flexibility index (Phi) is 7.73. The molecule has 1 amide bonds. The predicted octanol–water partition coefficient (Wildman–Crippen LogP) is 3.91. The molecule has 0 aliphatic heterocycles. The molecule has 1 rings (SSSR count). The number of nitrogens with two attached hydrogens (primary N) is 1. The number of anilines is 1. The maximum absolute atomic E-state index is 11.7. The van der Waals surface area contributed by atoms with Crippen molar-refractivity contribution in [1.29, 1.82) is 0 Å².